The zero-order valence-electron chi connectivity index (χ0n) is 12.9. The minimum Gasteiger partial charge on any atom is -0.309 e. The van der Waals surface area contributed by atoms with E-state index in [0.717, 1.165) is 6.54 Å². The van der Waals surface area contributed by atoms with E-state index in [1.807, 2.05) is 0 Å². The summed E-state index contributed by atoms with van der Waals surface area (Å²) >= 11 is 0. The first kappa shape index (κ1) is 16.0. The van der Waals surface area contributed by atoms with Gasteiger partial charge in [0.15, 0.2) is 0 Å². The van der Waals surface area contributed by atoms with E-state index in [1.165, 1.54) is 71.0 Å². The van der Waals surface area contributed by atoms with Crippen LogP contribution in [0.15, 0.2) is 0 Å². The number of hydrogen-bond acceptors (Lipinski definition) is 2. The molecular formula is C16H34N2. The van der Waals surface area contributed by atoms with E-state index in [9.17, 15) is 0 Å². The van der Waals surface area contributed by atoms with Gasteiger partial charge in [0, 0.05) is 25.2 Å². The molecule has 0 amide bonds. The van der Waals surface area contributed by atoms with Crippen molar-refractivity contribution in [3.8, 4) is 0 Å². The van der Waals surface area contributed by atoms with Crippen LogP contribution in [0.25, 0.3) is 0 Å². The quantitative estimate of drug-likeness (QED) is 0.629. The predicted molar refractivity (Wildman–Crippen MR) is 81.1 cm³/mol. The molecule has 1 heterocycles. The van der Waals surface area contributed by atoms with Crippen LogP contribution in [0, 0.1) is 0 Å². The summed E-state index contributed by atoms with van der Waals surface area (Å²) in [5.41, 5.74) is 0.318. The molecule has 1 aliphatic rings. The lowest BCUT2D eigenvalue weighted by Crippen LogP contribution is -2.57. The number of rotatable bonds is 9. The highest BCUT2D eigenvalue weighted by Gasteiger charge is 2.24. The van der Waals surface area contributed by atoms with E-state index >= 15 is 0 Å². The summed E-state index contributed by atoms with van der Waals surface area (Å²) in [6.07, 6.45) is 11.4. The van der Waals surface area contributed by atoms with Crippen LogP contribution in [0.4, 0.5) is 0 Å². The van der Waals surface area contributed by atoms with Crippen LogP contribution in [0.2, 0.25) is 0 Å². The van der Waals surface area contributed by atoms with Crippen LogP contribution in [-0.4, -0.2) is 36.6 Å². The fraction of sp³-hybridized carbons (Fsp3) is 1.00. The number of piperazine rings is 1. The maximum absolute atomic E-state index is 3.58. The number of unbranched alkanes of at least 4 members (excludes halogenated alkanes) is 7. The lowest BCUT2D eigenvalue weighted by Gasteiger charge is -2.39. The van der Waals surface area contributed by atoms with Crippen molar-refractivity contribution in [2.75, 3.05) is 26.2 Å². The maximum Gasteiger partial charge on any atom is 0.0252 e. The van der Waals surface area contributed by atoms with Crippen molar-refractivity contribution in [1.29, 1.82) is 0 Å². The first-order chi connectivity index (χ1) is 8.64. The Hall–Kier alpha value is -0.0800. The zero-order chi connectivity index (χ0) is 13.3. The monoisotopic (exact) mass is 254 g/mol. The van der Waals surface area contributed by atoms with Crippen molar-refractivity contribution in [2.24, 2.45) is 0 Å². The molecule has 1 aliphatic heterocycles. The molecule has 2 nitrogen and oxygen atoms in total. The van der Waals surface area contributed by atoms with Gasteiger partial charge in [-0.25, -0.2) is 0 Å². The van der Waals surface area contributed by atoms with Gasteiger partial charge in [-0.15, -0.1) is 0 Å². The fourth-order valence-corrected chi connectivity index (χ4v) is 2.91. The molecule has 1 saturated heterocycles. The third-order valence-corrected chi connectivity index (χ3v) is 3.98. The summed E-state index contributed by atoms with van der Waals surface area (Å²) < 4.78 is 0. The van der Waals surface area contributed by atoms with E-state index < -0.39 is 0 Å². The Labute approximate surface area is 115 Å². The highest BCUT2D eigenvalue weighted by Crippen LogP contribution is 2.12. The average molecular weight is 254 g/mol. The lowest BCUT2D eigenvalue weighted by atomic mass is 10.0. The van der Waals surface area contributed by atoms with Crippen molar-refractivity contribution in [2.45, 2.75) is 77.7 Å². The van der Waals surface area contributed by atoms with Gasteiger partial charge < -0.3 is 10.2 Å². The Morgan fingerprint density at radius 1 is 0.944 bits per heavy atom. The van der Waals surface area contributed by atoms with Gasteiger partial charge in [0.25, 0.3) is 0 Å². The van der Waals surface area contributed by atoms with Gasteiger partial charge in [-0.2, -0.15) is 0 Å². The van der Waals surface area contributed by atoms with Crippen molar-refractivity contribution >= 4 is 0 Å². The maximum atomic E-state index is 3.58. The van der Waals surface area contributed by atoms with Crippen molar-refractivity contribution in [1.82, 2.24) is 10.2 Å². The molecule has 0 bridgehead atoms. The molecular weight excluding hydrogens is 220 g/mol. The molecule has 108 valence electrons. The van der Waals surface area contributed by atoms with Crippen LogP contribution in [-0.2, 0) is 0 Å². The highest BCUT2D eigenvalue weighted by atomic mass is 15.2. The van der Waals surface area contributed by atoms with Gasteiger partial charge >= 0.3 is 0 Å². The fourth-order valence-electron chi connectivity index (χ4n) is 2.91. The zero-order valence-corrected chi connectivity index (χ0v) is 12.9. The minimum absolute atomic E-state index is 0.318. The van der Waals surface area contributed by atoms with Crippen LogP contribution in [0.3, 0.4) is 0 Å². The van der Waals surface area contributed by atoms with Crippen LogP contribution in [0.1, 0.15) is 72.1 Å². The minimum atomic E-state index is 0.318. The van der Waals surface area contributed by atoms with Gasteiger partial charge in [-0.3, -0.25) is 0 Å². The standard InChI is InChI=1S/C16H34N2/c1-4-5-6-7-8-9-10-11-13-18-14-12-17-16(2,3)15-18/h17H,4-15H2,1-3H3. The Kier molecular flexibility index (Phi) is 7.92. The summed E-state index contributed by atoms with van der Waals surface area (Å²) in [6, 6.07) is 0. The molecule has 0 aliphatic carbocycles. The second-order valence-electron chi connectivity index (χ2n) is 6.56. The summed E-state index contributed by atoms with van der Waals surface area (Å²) in [5, 5.41) is 3.58. The molecule has 1 fully saturated rings. The van der Waals surface area contributed by atoms with Gasteiger partial charge in [0.2, 0.25) is 0 Å². The normalized spacial score (nSPS) is 20.2. The Morgan fingerprint density at radius 2 is 1.56 bits per heavy atom. The molecule has 0 aromatic heterocycles. The molecule has 0 saturated carbocycles. The van der Waals surface area contributed by atoms with Crippen LogP contribution < -0.4 is 5.32 Å². The largest absolute Gasteiger partial charge is 0.309 e. The smallest absolute Gasteiger partial charge is 0.0252 e. The van der Waals surface area contributed by atoms with Gasteiger partial charge in [-0.05, 0) is 26.8 Å². The summed E-state index contributed by atoms with van der Waals surface area (Å²) in [7, 11) is 0. The molecule has 0 atom stereocenters. The van der Waals surface area contributed by atoms with E-state index in [0.29, 0.717) is 5.54 Å². The van der Waals surface area contributed by atoms with E-state index in [1.54, 1.807) is 0 Å². The van der Waals surface area contributed by atoms with E-state index in [4.69, 9.17) is 0 Å². The first-order valence-electron chi connectivity index (χ1n) is 8.11. The Bertz CT molecular complexity index is 201. The van der Waals surface area contributed by atoms with E-state index in [2.05, 4.69) is 31.0 Å². The number of nitrogens with zero attached hydrogens (tertiary/aromatic N) is 1. The first-order valence-corrected chi connectivity index (χ1v) is 8.11. The van der Waals surface area contributed by atoms with Crippen LogP contribution >= 0.6 is 0 Å². The second kappa shape index (κ2) is 8.92. The second-order valence-corrected chi connectivity index (χ2v) is 6.56. The van der Waals surface area contributed by atoms with Crippen molar-refractivity contribution in [3.63, 3.8) is 0 Å². The molecule has 1 rings (SSSR count). The SMILES string of the molecule is CCCCCCCCCCN1CCNC(C)(C)C1. The van der Waals surface area contributed by atoms with Crippen molar-refractivity contribution < 1.29 is 0 Å². The summed E-state index contributed by atoms with van der Waals surface area (Å²) in [4.78, 5) is 2.63. The highest BCUT2D eigenvalue weighted by molar-refractivity contribution is 4.86. The number of hydrogen-bond donors (Lipinski definition) is 1. The molecule has 0 spiro atoms. The molecule has 0 aromatic carbocycles. The third kappa shape index (κ3) is 7.38. The van der Waals surface area contributed by atoms with Crippen LogP contribution in [0.5, 0.6) is 0 Å². The van der Waals surface area contributed by atoms with Gasteiger partial charge in [0.05, 0.1) is 0 Å². The van der Waals surface area contributed by atoms with Gasteiger partial charge in [-0.1, -0.05) is 51.9 Å². The molecule has 0 unspecified atom stereocenters. The molecule has 1 N–H and O–H groups in total. The van der Waals surface area contributed by atoms with Crippen molar-refractivity contribution in [3.05, 3.63) is 0 Å². The average Bonchev–Trinajstić information content (AvgIpc) is 2.31. The van der Waals surface area contributed by atoms with Gasteiger partial charge in [0.1, 0.15) is 0 Å². The Balaban J connectivity index is 1.91. The topological polar surface area (TPSA) is 15.3 Å². The summed E-state index contributed by atoms with van der Waals surface area (Å²) in [5.74, 6) is 0. The lowest BCUT2D eigenvalue weighted by molar-refractivity contribution is 0.152. The third-order valence-electron chi connectivity index (χ3n) is 3.98. The Morgan fingerprint density at radius 3 is 2.17 bits per heavy atom. The predicted octanol–water partition coefficient (Wildman–Crippen LogP) is 3.81. The number of nitrogens with one attached hydrogen (secondary N) is 1. The molecule has 0 aromatic rings. The van der Waals surface area contributed by atoms with E-state index in [-0.39, 0.29) is 0 Å². The molecule has 2 heteroatoms. The summed E-state index contributed by atoms with van der Waals surface area (Å²) in [6.45, 7) is 11.8. The molecule has 18 heavy (non-hydrogen) atoms. The molecule has 0 radical (unpaired) electrons.